The maximum atomic E-state index is 14.7. The van der Waals surface area contributed by atoms with E-state index in [1.807, 2.05) is 0 Å². The summed E-state index contributed by atoms with van der Waals surface area (Å²) in [4.78, 5) is 23.6. The zero-order valence-electron chi connectivity index (χ0n) is 12.0. The Bertz CT molecular complexity index is 551. The molecule has 5 heteroatoms. The first-order valence-electron chi connectivity index (χ1n) is 7.25. The van der Waals surface area contributed by atoms with Crippen LogP contribution in [0.5, 0.6) is 0 Å². The lowest BCUT2D eigenvalue weighted by atomic mass is 9.83. The third-order valence-electron chi connectivity index (χ3n) is 3.85. The Morgan fingerprint density at radius 1 is 1.29 bits per heavy atom. The van der Waals surface area contributed by atoms with Crippen molar-refractivity contribution >= 4 is 27.7 Å². The molecule has 0 radical (unpaired) electrons. The van der Waals surface area contributed by atoms with Crippen molar-refractivity contribution in [3.63, 3.8) is 0 Å². The minimum atomic E-state index is -1.02. The normalized spacial score (nSPS) is 15.8. The van der Waals surface area contributed by atoms with Crippen LogP contribution in [0.2, 0.25) is 0 Å². The van der Waals surface area contributed by atoms with Gasteiger partial charge in [0, 0.05) is 4.47 Å². The molecule has 1 aliphatic rings. The zero-order chi connectivity index (χ0) is 15.4. The Hall–Kier alpha value is -1.23. The van der Waals surface area contributed by atoms with Crippen molar-refractivity contribution in [3.8, 4) is 0 Å². The molecule has 3 nitrogen and oxygen atoms in total. The van der Waals surface area contributed by atoms with E-state index in [1.54, 1.807) is 19.1 Å². The van der Waals surface area contributed by atoms with Crippen LogP contribution in [0.1, 0.15) is 60.9 Å². The summed E-state index contributed by atoms with van der Waals surface area (Å²) in [6, 6.07) is 3.34. The number of ether oxygens (including phenoxy) is 1. The SMILES string of the molecule is CCOC(=O)C(=O)c1c(Br)ccc(C2CCCCC2)c1F. The van der Waals surface area contributed by atoms with E-state index in [1.165, 1.54) is 6.42 Å². The minimum absolute atomic E-state index is 0.0894. The highest BCUT2D eigenvalue weighted by Gasteiger charge is 2.28. The van der Waals surface area contributed by atoms with Gasteiger partial charge in [-0.15, -0.1) is 0 Å². The molecule has 0 atom stereocenters. The molecule has 0 aromatic heterocycles. The van der Waals surface area contributed by atoms with Crippen LogP contribution in [-0.4, -0.2) is 18.4 Å². The number of Topliss-reactive ketones (excluding diaryl/α,β-unsaturated/α-hetero) is 1. The predicted octanol–water partition coefficient (Wildman–Crippen LogP) is 4.38. The Morgan fingerprint density at radius 3 is 2.57 bits per heavy atom. The number of benzene rings is 1. The summed E-state index contributed by atoms with van der Waals surface area (Å²) in [6.07, 6.45) is 5.16. The van der Waals surface area contributed by atoms with Crippen molar-refractivity contribution in [2.75, 3.05) is 6.61 Å². The van der Waals surface area contributed by atoms with E-state index in [9.17, 15) is 14.0 Å². The summed E-state index contributed by atoms with van der Waals surface area (Å²) in [6.45, 7) is 1.70. The van der Waals surface area contributed by atoms with Crippen molar-refractivity contribution in [2.24, 2.45) is 0 Å². The van der Waals surface area contributed by atoms with Gasteiger partial charge in [0.15, 0.2) is 0 Å². The van der Waals surface area contributed by atoms with E-state index >= 15 is 0 Å². The highest BCUT2D eigenvalue weighted by Crippen LogP contribution is 2.36. The average molecular weight is 357 g/mol. The first-order chi connectivity index (χ1) is 10.1. The lowest BCUT2D eigenvalue weighted by Gasteiger charge is -2.23. The molecule has 1 aromatic carbocycles. The maximum absolute atomic E-state index is 14.7. The molecule has 21 heavy (non-hydrogen) atoms. The second-order valence-electron chi connectivity index (χ2n) is 5.21. The fourth-order valence-corrected chi connectivity index (χ4v) is 3.29. The zero-order valence-corrected chi connectivity index (χ0v) is 13.5. The van der Waals surface area contributed by atoms with Crippen LogP contribution in [0, 0.1) is 5.82 Å². The smallest absolute Gasteiger partial charge is 0.379 e. The van der Waals surface area contributed by atoms with Gasteiger partial charge in [-0.3, -0.25) is 4.79 Å². The van der Waals surface area contributed by atoms with Crippen LogP contribution in [0.4, 0.5) is 4.39 Å². The highest BCUT2D eigenvalue weighted by atomic mass is 79.9. The van der Waals surface area contributed by atoms with Crippen LogP contribution >= 0.6 is 15.9 Å². The van der Waals surface area contributed by atoms with Crippen molar-refractivity contribution in [1.82, 2.24) is 0 Å². The van der Waals surface area contributed by atoms with Crippen molar-refractivity contribution in [3.05, 3.63) is 33.5 Å². The molecule has 0 saturated heterocycles. The van der Waals surface area contributed by atoms with Gasteiger partial charge in [0.05, 0.1) is 12.2 Å². The second kappa shape index (κ2) is 7.16. The van der Waals surface area contributed by atoms with E-state index in [2.05, 4.69) is 20.7 Å². The van der Waals surface area contributed by atoms with Crippen LogP contribution in [0.15, 0.2) is 16.6 Å². The fourth-order valence-electron chi connectivity index (χ4n) is 2.80. The number of rotatable bonds is 4. The molecule has 1 aliphatic carbocycles. The number of hydrogen-bond acceptors (Lipinski definition) is 3. The molecule has 1 saturated carbocycles. The molecule has 0 amide bonds. The van der Waals surface area contributed by atoms with Gasteiger partial charge < -0.3 is 4.74 Å². The molecule has 114 valence electrons. The van der Waals surface area contributed by atoms with Gasteiger partial charge in [0.2, 0.25) is 0 Å². The van der Waals surface area contributed by atoms with Crippen molar-refractivity contribution < 1.29 is 18.7 Å². The summed E-state index contributed by atoms with van der Waals surface area (Å²) in [5.41, 5.74) is 0.321. The number of halogens is 2. The molecule has 0 heterocycles. The lowest BCUT2D eigenvalue weighted by molar-refractivity contribution is -0.137. The van der Waals surface area contributed by atoms with E-state index in [0.717, 1.165) is 25.7 Å². The quantitative estimate of drug-likeness (QED) is 0.456. The molecule has 0 aliphatic heterocycles. The Balaban J connectivity index is 2.36. The molecule has 1 fully saturated rings. The molecular weight excluding hydrogens is 339 g/mol. The van der Waals surface area contributed by atoms with Crippen molar-refractivity contribution in [2.45, 2.75) is 44.9 Å². The van der Waals surface area contributed by atoms with Gasteiger partial charge in [0.1, 0.15) is 5.82 Å². The third-order valence-corrected chi connectivity index (χ3v) is 4.51. The molecule has 1 aromatic rings. The number of carbonyl (C=O) groups excluding carboxylic acids is 2. The number of hydrogen-bond donors (Lipinski definition) is 0. The van der Waals surface area contributed by atoms with Gasteiger partial charge in [-0.2, -0.15) is 0 Å². The fraction of sp³-hybridized carbons (Fsp3) is 0.500. The monoisotopic (exact) mass is 356 g/mol. The number of ketones is 1. The maximum Gasteiger partial charge on any atom is 0.379 e. The summed E-state index contributed by atoms with van der Waals surface area (Å²) in [5.74, 6) is -2.41. The van der Waals surface area contributed by atoms with Gasteiger partial charge in [-0.25, -0.2) is 9.18 Å². The largest absolute Gasteiger partial charge is 0.460 e. The van der Waals surface area contributed by atoms with Crippen LogP contribution in [0.25, 0.3) is 0 Å². The lowest BCUT2D eigenvalue weighted by Crippen LogP contribution is -2.20. The first-order valence-corrected chi connectivity index (χ1v) is 8.04. The molecule has 0 bridgehead atoms. The van der Waals surface area contributed by atoms with Gasteiger partial charge in [-0.1, -0.05) is 25.3 Å². The van der Waals surface area contributed by atoms with E-state index < -0.39 is 17.6 Å². The Morgan fingerprint density at radius 2 is 1.95 bits per heavy atom. The number of esters is 1. The molecule has 0 unspecified atom stereocenters. The predicted molar refractivity (Wildman–Crippen MR) is 80.9 cm³/mol. The Kier molecular flexibility index (Phi) is 5.51. The minimum Gasteiger partial charge on any atom is -0.460 e. The summed E-state index contributed by atoms with van der Waals surface area (Å²) < 4.78 is 19.7. The van der Waals surface area contributed by atoms with Crippen LogP contribution in [0.3, 0.4) is 0 Å². The molecule has 0 spiro atoms. The summed E-state index contributed by atoms with van der Waals surface area (Å²) >= 11 is 3.16. The Labute approximate surface area is 132 Å². The number of carbonyl (C=O) groups is 2. The van der Waals surface area contributed by atoms with Crippen molar-refractivity contribution in [1.29, 1.82) is 0 Å². The van der Waals surface area contributed by atoms with Crippen LogP contribution in [-0.2, 0) is 9.53 Å². The highest BCUT2D eigenvalue weighted by molar-refractivity contribution is 9.10. The average Bonchev–Trinajstić information content (AvgIpc) is 2.48. The second-order valence-corrected chi connectivity index (χ2v) is 6.06. The molecular formula is C16H18BrFO3. The van der Waals surface area contributed by atoms with E-state index in [0.29, 0.717) is 5.56 Å². The first kappa shape index (κ1) is 16.1. The molecule has 0 N–H and O–H groups in total. The van der Waals surface area contributed by atoms with Gasteiger partial charge in [-0.05, 0) is 53.2 Å². The topological polar surface area (TPSA) is 43.4 Å². The molecule has 2 rings (SSSR count). The van der Waals surface area contributed by atoms with E-state index in [-0.39, 0.29) is 22.6 Å². The standard InChI is InChI=1S/C16H18BrFO3/c1-2-21-16(20)15(19)13-12(17)9-8-11(14(13)18)10-6-4-3-5-7-10/h8-10H,2-7H2,1H3. The van der Waals surface area contributed by atoms with Gasteiger partial charge in [0.25, 0.3) is 5.78 Å². The van der Waals surface area contributed by atoms with E-state index in [4.69, 9.17) is 0 Å². The van der Waals surface area contributed by atoms with Gasteiger partial charge >= 0.3 is 5.97 Å². The summed E-state index contributed by atoms with van der Waals surface area (Å²) in [7, 11) is 0. The van der Waals surface area contributed by atoms with Crippen LogP contribution < -0.4 is 0 Å². The summed E-state index contributed by atoms with van der Waals surface area (Å²) in [5, 5.41) is 0. The third kappa shape index (κ3) is 3.51.